The number of carbonyl (C=O) groups is 2. The summed E-state index contributed by atoms with van der Waals surface area (Å²) in [6.07, 6.45) is 1.92. The molecule has 2 aromatic carbocycles. The molecule has 0 bridgehead atoms. The van der Waals surface area contributed by atoms with Crippen molar-refractivity contribution in [2.45, 2.75) is 13.3 Å². The molecule has 0 aliphatic carbocycles. The minimum absolute atomic E-state index is 0.0411. The summed E-state index contributed by atoms with van der Waals surface area (Å²) < 4.78 is 16.1. The quantitative estimate of drug-likeness (QED) is 0.314. The second kappa shape index (κ2) is 8.42. The highest BCUT2D eigenvalue weighted by Gasteiger charge is 2.21. The fourth-order valence-electron chi connectivity index (χ4n) is 2.80. The summed E-state index contributed by atoms with van der Waals surface area (Å²) in [6, 6.07) is 7.14. The minimum atomic E-state index is -0.508. The number of ether oxygens (including phenoxy) is 3. The van der Waals surface area contributed by atoms with Gasteiger partial charge in [-0.2, -0.15) is 0 Å². The van der Waals surface area contributed by atoms with Crippen molar-refractivity contribution in [3.05, 3.63) is 64.2 Å². The molecule has 0 fully saturated rings. The van der Waals surface area contributed by atoms with E-state index in [1.54, 1.807) is 6.08 Å². The van der Waals surface area contributed by atoms with Gasteiger partial charge in [0.25, 0.3) is 11.6 Å². The van der Waals surface area contributed by atoms with Crippen LogP contribution in [0.25, 0.3) is 0 Å². The Bertz CT molecular complexity index is 1000. The number of rotatable bonds is 8. The van der Waals surface area contributed by atoms with E-state index in [0.717, 1.165) is 0 Å². The molecule has 0 aromatic heterocycles. The number of nitro benzene ring substituents is 1. The molecule has 150 valence electrons. The summed E-state index contributed by atoms with van der Waals surface area (Å²) in [5, 5.41) is 13.6. The number of fused-ring (bicyclic) bond motifs is 1. The van der Waals surface area contributed by atoms with Crippen molar-refractivity contribution in [3.63, 3.8) is 0 Å². The molecule has 0 atom stereocenters. The molecule has 0 spiro atoms. The van der Waals surface area contributed by atoms with E-state index in [9.17, 15) is 19.7 Å². The highest BCUT2D eigenvalue weighted by Crippen LogP contribution is 2.37. The second-order valence-electron chi connectivity index (χ2n) is 6.19. The highest BCUT2D eigenvalue weighted by molar-refractivity contribution is 6.04. The third kappa shape index (κ3) is 4.52. The number of hydrogen-bond donors (Lipinski definition) is 1. The van der Waals surface area contributed by atoms with E-state index in [1.165, 1.54) is 37.3 Å². The number of carbonyl (C=O) groups excluding carboxylic acids is 2. The summed E-state index contributed by atoms with van der Waals surface area (Å²) in [5.74, 6) is 0.444. The maximum atomic E-state index is 12.4. The third-order valence-corrected chi connectivity index (χ3v) is 4.14. The molecule has 3 rings (SSSR count). The lowest BCUT2D eigenvalue weighted by molar-refractivity contribution is -0.384. The lowest BCUT2D eigenvalue weighted by Crippen LogP contribution is -2.21. The summed E-state index contributed by atoms with van der Waals surface area (Å²) in [6.45, 7) is 4.68. The Labute approximate surface area is 166 Å². The fraction of sp³-hybridized carbons (Fsp3) is 0.200. The maximum Gasteiger partial charge on any atom is 0.269 e. The van der Waals surface area contributed by atoms with Crippen molar-refractivity contribution in [3.8, 4) is 17.2 Å². The number of ketones is 1. The molecule has 29 heavy (non-hydrogen) atoms. The molecule has 0 saturated heterocycles. The van der Waals surface area contributed by atoms with Crippen LogP contribution in [0.1, 0.15) is 22.8 Å². The molecule has 1 amide bonds. The summed E-state index contributed by atoms with van der Waals surface area (Å²) >= 11 is 0. The first-order valence-corrected chi connectivity index (χ1v) is 8.64. The fourth-order valence-corrected chi connectivity index (χ4v) is 2.80. The van der Waals surface area contributed by atoms with Crippen LogP contribution >= 0.6 is 0 Å². The Hall–Kier alpha value is -3.88. The number of non-ortho nitro benzene ring substituents is 1. The number of amides is 1. The average molecular weight is 398 g/mol. The standard InChI is InChI=1S/C20H18N2O7/c1-3-4-13-7-14(22(25)26)5-6-17(13)27-10-20(24)21-16-9-19-18(28-11-29-19)8-15(16)12(2)23/h3,5-9H,1,4,10-11H2,2H3,(H,21,24). The Kier molecular flexibility index (Phi) is 5.77. The van der Waals surface area contributed by atoms with Crippen LogP contribution in [-0.4, -0.2) is 30.0 Å². The van der Waals surface area contributed by atoms with Gasteiger partial charge in [-0.1, -0.05) is 6.08 Å². The van der Waals surface area contributed by atoms with Crippen LogP contribution in [-0.2, 0) is 11.2 Å². The molecule has 9 heteroatoms. The third-order valence-electron chi connectivity index (χ3n) is 4.14. The largest absolute Gasteiger partial charge is 0.483 e. The molecule has 0 unspecified atom stereocenters. The van der Waals surface area contributed by atoms with Crippen LogP contribution in [0.2, 0.25) is 0 Å². The number of benzene rings is 2. The zero-order chi connectivity index (χ0) is 21.0. The number of nitrogens with one attached hydrogen (secondary N) is 1. The molecule has 1 aliphatic heterocycles. The first-order chi connectivity index (χ1) is 13.9. The van der Waals surface area contributed by atoms with Crippen molar-refractivity contribution in [2.75, 3.05) is 18.7 Å². The number of nitro groups is 1. The van der Waals surface area contributed by atoms with Gasteiger partial charge in [-0.15, -0.1) is 6.58 Å². The molecule has 9 nitrogen and oxygen atoms in total. The molecule has 1 aliphatic rings. The zero-order valence-corrected chi connectivity index (χ0v) is 15.6. The van der Waals surface area contributed by atoms with Gasteiger partial charge in [0.05, 0.1) is 10.6 Å². The van der Waals surface area contributed by atoms with Gasteiger partial charge in [0, 0.05) is 29.3 Å². The summed E-state index contributed by atoms with van der Waals surface area (Å²) in [4.78, 5) is 34.7. The van der Waals surface area contributed by atoms with Crippen LogP contribution in [0, 0.1) is 10.1 Å². The van der Waals surface area contributed by atoms with E-state index in [1.807, 2.05) is 0 Å². The van der Waals surface area contributed by atoms with Crippen molar-refractivity contribution in [1.82, 2.24) is 0 Å². The van der Waals surface area contributed by atoms with Crippen LogP contribution in [0.4, 0.5) is 11.4 Å². The van der Waals surface area contributed by atoms with E-state index in [0.29, 0.717) is 29.2 Å². The van der Waals surface area contributed by atoms with Crippen molar-refractivity contribution in [1.29, 1.82) is 0 Å². The van der Waals surface area contributed by atoms with Crippen LogP contribution < -0.4 is 19.5 Å². The lowest BCUT2D eigenvalue weighted by atomic mass is 10.1. The van der Waals surface area contributed by atoms with Gasteiger partial charge in [-0.3, -0.25) is 19.7 Å². The van der Waals surface area contributed by atoms with Gasteiger partial charge >= 0.3 is 0 Å². The number of hydrogen-bond acceptors (Lipinski definition) is 7. The van der Waals surface area contributed by atoms with Gasteiger partial charge in [-0.25, -0.2) is 0 Å². The normalized spacial score (nSPS) is 11.6. The van der Waals surface area contributed by atoms with Crippen LogP contribution in [0.15, 0.2) is 43.0 Å². The molecule has 0 radical (unpaired) electrons. The predicted molar refractivity (Wildman–Crippen MR) is 104 cm³/mol. The molecular formula is C20H18N2O7. The van der Waals surface area contributed by atoms with E-state index in [2.05, 4.69) is 11.9 Å². The molecule has 1 heterocycles. The van der Waals surface area contributed by atoms with E-state index in [-0.39, 0.29) is 36.1 Å². The smallest absolute Gasteiger partial charge is 0.269 e. The van der Waals surface area contributed by atoms with Gasteiger partial charge in [0.2, 0.25) is 6.79 Å². The monoisotopic (exact) mass is 398 g/mol. The Morgan fingerprint density at radius 1 is 1.28 bits per heavy atom. The van der Waals surface area contributed by atoms with Crippen molar-refractivity contribution in [2.24, 2.45) is 0 Å². The van der Waals surface area contributed by atoms with Gasteiger partial charge in [0.1, 0.15) is 5.75 Å². The average Bonchev–Trinajstić information content (AvgIpc) is 3.13. The van der Waals surface area contributed by atoms with Crippen molar-refractivity contribution < 1.29 is 28.7 Å². The van der Waals surface area contributed by atoms with Crippen LogP contribution in [0.3, 0.4) is 0 Å². The SMILES string of the molecule is C=CCc1cc([N+](=O)[O-])ccc1OCC(=O)Nc1cc2c(cc1C(C)=O)OCO2. The van der Waals surface area contributed by atoms with E-state index >= 15 is 0 Å². The Morgan fingerprint density at radius 2 is 2.00 bits per heavy atom. The highest BCUT2D eigenvalue weighted by atomic mass is 16.7. The molecular weight excluding hydrogens is 380 g/mol. The summed E-state index contributed by atoms with van der Waals surface area (Å²) in [7, 11) is 0. The van der Waals surface area contributed by atoms with Crippen molar-refractivity contribution >= 4 is 23.1 Å². The first-order valence-electron chi connectivity index (χ1n) is 8.64. The molecule has 2 aromatic rings. The van der Waals surface area contributed by atoms with E-state index < -0.39 is 10.8 Å². The predicted octanol–water partition coefficient (Wildman–Crippen LogP) is 3.27. The number of allylic oxidation sites excluding steroid dienone is 1. The number of nitrogens with zero attached hydrogens (tertiary/aromatic N) is 1. The lowest BCUT2D eigenvalue weighted by Gasteiger charge is -2.13. The number of anilines is 1. The molecule has 0 saturated carbocycles. The van der Waals surface area contributed by atoms with Gasteiger partial charge in [0.15, 0.2) is 23.9 Å². The molecule has 1 N–H and O–H groups in total. The Balaban J connectivity index is 1.73. The first kappa shape index (κ1) is 19.9. The van der Waals surface area contributed by atoms with Crippen LogP contribution in [0.5, 0.6) is 17.2 Å². The minimum Gasteiger partial charge on any atom is -0.483 e. The summed E-state index contributed by atoms with van der Waals surface area (Å²) in [5.41, 5.74) is 1.02. The van der Waals surface area contributed by atoms with Gasteiger partial charge < -0.3 is 19.5 Å². The van der Waals surface area contributed by atoms with Gasteiger partial charge in [-0.05, 0) is 25.5 Å². The second-order valence-corrected chi connectivity index (χ2v) is 6.19. The number of Topliss-reactive ketones (excluding diaryl/α,β-unsaturated/α-hetero) is 1. The Morgan fingerprint density at radius 3 is 2.66 bits per heavy atom. The maximum absolute atomic E-state index is 12.4. The zero-order valence-electron chi connectivity index (χ0n) is 15.6. The van der Waals surface area contributed by atoms with E-state index in [4.69, 9.17) is 14.2 Å². The topological polar surface area (TPSA) is 117 Å².